The van der Waals surface area contributed by atoms with Crippen molar-refractivity contribution in [3.63, 3.8) is 0 Å². The third-order valence-electron chi connectivity index (χ3n) is 9.67. The molecule has 1 saturated carbocycles. The summed E-state index contributed by atoms with van der Waals surface area (Å²) in [4.78, 5) is 58.9. The average Bonchev–Trinajstić information content (AvgIpc) is 3.34. The fourth-order valence-corrected chi connectivity index (χ4v) is 8.42. The lowest BCUT2D eigenvalue weighted by molar-refractivity contribution is -0.131. The van der Waals surface area contributed by atoms with Crippen molar-refractivity contribution in [2.45, 2.75) is 25.7 Å². The second-order valence-corrected chi connectivity index (χ2v) is 13.3. The largest absolute Gasteiger partial charge is 0.508 e. The highest BCUT2D eigenvalue weighted by Gasteiger charge is 2.67. The predicted molar refractivity (Wildman–Crippen MR) is 166 cm³/mol. The van der Waals surface area contributed by atoms with Crippen LogP contribution in [-0.4, -0.2) is 28.7 Å². The monoisotopic (exact) mass is 692 g/mol. The summed E-state index contributed by atoms with van der Waals surface area (Å²) in [6.45, 7) is 1.82. The minimum atomic E-state index is -1.19. The van der Waals surface area contributed by atoms with Crippen LogP contribution in [0.1, 0.15) is 31.2 Å². The van der Waals surface area contributed by atoms with Gasteiger partial charge < -0.3 is 5.11 Å². The van der Waals surface area contributed by atoms with E-state index in [-0.39, 0.29) is 40.8 Å². The van der Waals surface area contributed by atoms with E-state index in [4.69, 9.17) is 11.6 Å². The van der Waals surface area contributed by atoms with Crippen molar-refractivity contribution < 1.29 is 24.3 Å². The molecule has 3 aromatic rings. The van der Waals surface area contributed by atoms with Crippen molar-refractivity contribution >= 4 is 69.2 Å². The lowest BCUT2D eigenvalue weighted by Crippen LogP contribution is -2.49. The van der Waals surface area contributed by atoms with Crippen molar-refractivity contribution in [1.29, 1.82) is 0 Å². The Kier molecular flexibility index (Phi) is 6.36. The molecule has 0 aromatic heterocycles. The number of para-hydroxylation sites is 1. The number of allylic oxidation sites excluding steroid dienone is 2. The topological polar surface area (TPSA) is 95.0 Å². The van der Waals surface area contributed by atoms with Gasteiger partial charge in [0.25, 0.3) is 0 Å². The molecule has 9 heteroatoms. The molecule has 0 bridgehead atoms. The number of rotatable bonds is 3. The number of nitrogens with zero attached hydrogens (tertiary/aromatic N) is 2. The Bertz CT molecular complexity index is 1710. The van der Waals surface area contributed by atoms with E-state index in [1.165, 1.54) is 21.9 Å². The summed E-state index contributed by atoms with van der Waals surface area (Å²) in [5.74, 6) is -4.20. The van der Waals surface area contributed by atoms with E-state index in [1.807, 2.05) is 31.2 Å². The van der Waals surface area contributed by atoms with Crippen molar-refractivity contribution in [3.8, 4) is 5.75 Å². The standard InChI is InChI=1S/C33H26ClIN2O5/c1-33-25(30(40)37(32(33)42)18-5-3-2-4-6-18)16-24-21(28(33)22-12-11-20(38)15-26(22)34)13-14-23-27(24)31(41)36(29(23)39)19-9-7-17(35)8-10-19/h2-13,15,23-25,27-28,38H,14,16H2,1H3. The summed E-state index contributed by atoms with van der Waals surface area (Å²) in [6.07, 6.45) is 2.61. The number of carbonyl (C=O) groups is 4. The fraction of sp³-hybridized carbons (Fsp3) is 0.273. The highest BCUT2D eigenvalue weighted by atomic mass is 127. The molecule has 4 aliphatic rings. The molecule has 7 nitrogen and oxygen atoms in total. The number of hydrogen-bond acceptors (Lipinski definition) is 5. The molecule has 212 valence electrons. The van der Waals surface area contributed by atoms with Crippen LogP contribution in [0.3, 0.4) is 0 Å². The average molecular weight is 693 g/mol. The molecule has 3 aromatic carbocycles. The summed E-state index contributed by atoms with van der Waals surface area (Å²) >= 11 is 8.91. The minimum Gasteiger partial charge on any atom is -0.508 e. The van der Waals surface area contributed by atoms with E-state index in [9.17, 15) is 24.3 Å². The van der Waals surface area contributed by atoms with Gasteiger partial charge in [-0.15, -0.1) is 0 Å². The highest BCUT2D eigenvalue weighted by molar-refractivity contribution is 14.1. The summed E-state index contributed by atoms with van der Waals surface area (Å²) in [7, 11) is 0. The molecule has 6 unspecified atom stereocenters. The van der Waals surface area contributed by atoms with E-state index < -0.39 is 35.0 Å². The number of benzene rings is 3. The number of aromatic hydroxyl groups is 1. The van der Waals surface area contributed by atoms with Crippen molar-refractivity contribution in [1.82, 2.24) is 0 Å². The Morgan fingerprint density at radius 3 is 2.24 bits per heavy atom. The lowest BCUT2D eigenvalue weighted by Gasteiger charge is -2.49. The van der Waals surface area contributed by atoms with Gasteiger partial charge in [0.05, 0.1) is 34.5 Å². The normalized spacial score (nSPS) is 30.3. The van der Waals surface area contributed by atoms with Gasteiger partial charge in [-0.3, -0.25) is 24.1 Å². The smallest absolute Gasteiger partial charge is 0.241 e. The zero-order valence-corrected chi connectivity index (χ0v) is 25.5. The Balaban J connectivity index is 1.38. The van der Waals surface area contributed by atoms with Crippen LogP contribution in [0.5, 0.6) is 5.75 Å². The molecule has 42 heavy (non-hydrogen) atoms. The zero-order valence-electron chi connectivity index (χ0n) is 22.5. The number of amides is 4. The fourth-order valence-electron chi connectivity index (χ4n) is 7.78. The van der Waals surface area contributed by atoms with Crippen LogP contribution in [0.15, 0.2) is 84.4 Å². The van der Waals surface area contributed by atoms with Gasteiger partial charge >= 0.3 is 0 Å². The first-order chi connectivity index (χ1) is 20.1. The first-order valence-corrected chi connectivity index (χ1v) is 15.3. The van der Waals surface area contributed by atoms with Crippen LogP contribution in [0.4, 0.5) is 11.4 Å². The Labute approximate surface area is 261 Å². The van der Waals surface area contributed by atoms with E-state index in [2.05, 4.69) is 22.6 Å². The Morgan fingerprint density at radius 1 is 0.857 bits per heavy atom. The summed E-state index contributed by atoms with van der Waals surface area (Å²) in [6, 6.07) is 20.8. The number of hydrogen-bond donors (Lipinski definition) is 1. The summed E-state index contributed by atoms with van der Waals surface area (Å²) in [5.41, 5.74) is 1.29. The number of imide groups is 2. The van der Waals surface area contributed by atoms with Crippen LogP contribution in [0.25, 0.3) is 0 Å². The molecule has 0 spiro atoms. The van der Waals surface area contributed by atoms with Crippen LogP contribution in [-0.2, 0) is 19.2 Å². The summed E-state index contributed by atoms with van der Waals surface area (Å²) < 4.78 is 0.990. The Morgan fingerprint density at radius 2 is 1.55 bits per heavy atom. The van der Waals surface area contributed by atoms with E-state index in [0.29, 0.717) is 23.4 Å². The molecule has 6 atom stereocenters. The first-order valence-electron chi connectivity index (χ1n) is 13.9. The van der Waals surface area contributed by atoms with Crippen LogP contribution >= 0.6 is 34.2 Å². The maximum absolute atomic E-state index is 14.4. The number of phenolic OH excluding ortho intramolecular Hbond substituents is 1. The third-order valence-corrected chi connectivity index (χ3v) is 10.7. The maximum Gasteiger partial charge on any atom is 0.241 e. The van der Waals surface area contributed by atoms with Crippen molar-refractivity contribution in [3.05, 3.63) is 98.6 Å². The molecule has 2 heterocycles. The van der Waals surface area contributed by atoms with E-state index in [1.54, 1.807) is 42.5 Å². The number of halogens is 2. The quantitative estimate of drug-likeness (QED) is 0.204. The lowest BCUT2D eigenvalue weighted by atomic mass is 9.51. The van der Waals surface area contributed by atoms with E-state index in [0.717, 1.165) is 9.14 Å². The molecular weight excluding hydrogens is 667 g/mol. The molecule has 4 amide bonds. The van der Waals surface area contributed by atoms with Gasteiger partial charge in [-0.05, 0) is 102 Å². The molecule has 2 aliphatic heterocycles. The van der Waals surface area contributed by atoms with Gasteiger partial charge in [0.15, 0.2) is 0 Å². The van der Waals surface area contributed by atoms with Gasteiger partial charge in [0, 0.05) is 14.5 Å². The van der Waals surface area contributed by atoms with Gasteiger partial charge in [-0.2, -0.15) is 0 Å². The molecular formula is C33H26ClIN2O5. The summed E-state index contributed by atoms with van der Waals surface area (Å²) in [5, 5.41) is 10.4. The Hall–Kier alpha value is -3.50. The number of fused-ring (bicyclic) bond motifs is 4. The molecule has 3 fully saturated rings. The third kappa shape index (κ3) is 3.77. The molecule has 7 rings (SSSR count). The number of anilines is 2. The predicted octanol–water partition coefficient (Wildman–Crippen LogP) is 6.09. The highest BCUT2D eigenvalue weighted by Crippen LogP contribution is 2.64. The molecule has 1 N–H and O–H groups in total. The van der Waals surface area contributed by atoms with Gasteiger partial charge in [0.1, 0.15) is 5.75 Å². The first kappa shape index (κ1) is 27.3. The SMILES string of the molecule is CC12C(=O)N(c3ccccc3)C(=O)C1CC1C(=CCC3C(=O)N(c4ccc(I)cc4)C(=O)C31)C2c1ccc(O)cc1Cl. The second-order valence-electron chi connectivity index (χ2n) is 11.7. The van der Waals surface area contributed by atoms with Crippen molar-refractivity contribution in [2.75, 3.05) is 9.80 Å². The zero-order chi connectivity index (χ0) is 29.5. The van der Waals surface area contributed by atoms with Crippen molar-refractivity contribution in [2.24, 2.45) is 29.1 Å². The molecule has 2 aliphatic carbocycles. The second kappa shape index (κ2) is 9.77. The number of carbonyl (C=O) groups excluding carboxylic acids is 4. The van der Waals surface area contributed by atoms with Crippen LogP contribution in [0.2, 0.25) is 5.02 Å². The van der Waals surface area contributed by atoms with Gasteiger partial charge in [-0.25, -0.2) is 4.90 Å². The van der Waals surface area contributed by atoms with E-state index >= 15 is 0 Å². The maximum atomic E-state index is 14.4. The molecule has 0 radical (unpaired) electrons. The van der Waals surface area contributed by atoms with Crippen LogP contribution in [0, 0.1) is 32.7 Å². The molecule has 2 saturated heterocycles. The van der Waals surface area contributed by atoms with Gasteiger partial charge in [-0.1, -0.05) is 47.5 Å². The minimum absolute atomic E-state index is 0.0139. The van der Waals surface area contributed by atoms with Crippen LogP contribution < -0.4 is 9.80 Å². The van der Waals surface area contributed by atoms with Gasteiger partial charge in [0.2, 0.25) is 23.6 Å². The number of phenols is 1.